The second-order valence-electron chi connectivity index (χ2n) is 5.73. The molecule has 0 atom stereocenters. The molecule has 0 spiro atoms. The first kappa shape index (κ1) is 12.8. The molecule has 1 aliphatic rings. The number of hydrogen-bond donors (Lipinski definition) is 0. The van der Waals surface area contributed by atoms with Crippen molar-refractivity contribution in [1.82, 2.24) is 0 Å². The van der Waals surface area contributed by atoms with Crippen LogP contribution in [0.2, 0.25) is 18.1 Å². The van der Waals surface area contributed by atoms with Crippen LogP contribution in [0, 0.1) is 0 Å². The van der Waals surface area contributed by atoms with E-state index in [2.05, 4.69) is 39.9 Å². The van der Waals surface area contributed by atoms with Crippen molar-refractivity contribution in [3.8, 4) is 0 Å². The average Bonchev–Trinajstić information content (AvgIpc) is 2.54. The van der Waals surface area contributed by atoms with Gasteiger partial charge in [0, 0.05) is 6.42 Å². The first-order valence-electron chi connectivity index (χ1n) is 5.79. The second kappa shape index (κ2) is 4.70. The predicted molar refractivity (Wildman–Crippen MR) is 66.2 cm³/mol. The average molecular weight is 228 g/mol. The zero-order chi connectivity index (χ0) is 11.5. The van der Waals surface area contributed by atoms with Gasteiger partial charge in [0.15, 0.2) is 15.1 Å². The van der Waals surface area contributed by atoms with Gasteiger partial charge < -0.3 is 9.16 Å². The Labute approximate surface area is 94.8 Å². The zero-order valence-corrected chi connectivity index (χ0v) is 11.7. The summed E-state index contributed by atoms with van der Waals surface area (Å²) in [6.45, 7) is 11.7. The van der Waals surface area contributed by atoms with Crippen molar-refractivity contribution in [3.05, 3.63) is 11.8 Å². The molecule has 88 valence electrons. The van der Waals surface area contributed by atoms with Gasteiger partial charge in [0.2, 0.25) is 0 Å². The lowest BCUT2D eigenvalue weighted by atomic mass is 10.2. The van der Waals surface area contributed by atoms with Crippen LogP contribution in [0.3, 0.4) is 0 Å². The molecule has 0 aliphatic heterocycles. The normalized spacial score (nSPS) is 17.8. The van der Waals surface area contributed by atoms with Crippen LogP contribution in [0.25, 0.3) is 0 Å². The van der Waals surface area contributed by atoms with Crippen molar-refractivity contribution in [2.75, 3.05) is 6.79 Å². The molecule has 1 rings (SSSR count). The van der Waals surface area contributed by atoms with E-state index >= 15 is 0 Å². The Hall–Kier alpha value is -0.283. The Morgan fingerprint density at radius 1 is 1.33 bits per heavy atom. The summed E-state index contributed by atoms with van der Waals surface area (Å²) in [4.78, 5) is 0. The van der Waals surface area contributed by atoms with Crippen LogP contribution in [0.1, 0.15) is 40.0 Å². The molecule has 0 unspecified atom stereocenters. The molecule has 0 aromatic rings. The Balaban J connectivity index is 2.30. The molecular weight excluding hydrogens is 204 g/mol. The lowest BCUT2D eigenvalue weighted by Gasteiger charge is -2.35. The van der Waals surface area contributed by atoms with Crippen molar-refractivity contribution in [3.63, 3.8) is 0 Å². The van der Waals surface area contributed by atoms with Crippen LogP contribution in [0.15, 0.2) is 11.8 Å². The lowest BCUT2D eigenvalue weighted by molar-refractivity contribution is 0.0480. The van der Waals surface area contributed by atoms with Gasteiger partial charge in [0.25, 0.3) is 0 Å². The largest absolute Gasteiger partial charge is 0.473 e. The molecule has 15 heavy (non-hydrogen) atoms. The summed E-state index contributed by atoms with van der Waals surface area (Å²) in [6.07, 6.45) is 5.65. The van der Waals surface area contributed by atoms with Gasteiger partial charge in [-0.1, -0.05) is 20.8 Å². The molecular formula is C12H24O2Si. The van der Waals surface area contributed by atoms with E-state index in [1.807, 2.05) is 0 Å². The minimum absolute atomic E-state index is 0.264. The molecule has 0 aromatic heterocycles. The molecule has 0 radical (unpaired) electrons. The molecule has 0 amide bonds. The van der Waals surface area contributed by atoms with Gasteiger partial charge >= 0.3 is 0 Å². The van der Waals surface area contributed by atoms with Crippen LogP contribution in [0.5, 0.6) is 0 Å². The summed E-state index contributed by atoms with van der Waals surface area (Å²) in [5.74, 6) is 1.12. The van der Waals surface area contributed by atoms with Crippen LogP contribution < -0.4 is 0 Å². The maximum absolute atomic E-state index is 5.93. The summed E-state index contributed by atoms with van der Waals surface area (Å²) >= 11 is 0. The van der Waals surface area contributed by atoms with Gasteiger partial charge in [-0.3, -0.25) is 0 Å². The first-order valence-corrected chi connectivity index (χ1v) is 8.69. The minimum Gasteiger partial charge on any atom is -0.473 e. The van der Waals surface area contributed by atoms with Gasteiger partial charge in [-0.2, -0.15) is 0 Å². The highest BCUT2D eigenvalue weighted by Crippen LogP contribution is 2.36. The van der Waals surface area contributed by atoms with E-state index in [0.717, 1.165) is 18.6 Å². The smallest absolute Gasteiger partial charge is 0.196 e. The maximum Gasteiger partial charge on any atom is 0.196 e. The summed E-state index contributed by atoms with van der Waals surface area (Å²) in [5, 5.41) is 0.264. The number of hydrogen-bond acceptors (Lipinski definition) is 2. The van der Waals surface area contributed by atoms with Crippen LogP contribution in [-0.4, -0.2) is 15.1 Å². The molecule has 0 N–H and O–H groups in total. The van der Waals surface area contributed by atoms with Crippen LogP contribution in [-0.2, 0) is 9.16 Å². The third-order valence-electron chi connectivity index (χ3n) is 3.47. The monoisotopic (exact) mass is 228 g/mol. The molecule has 0 saturated carbocycles. The standard InChI is InChI=1S/C12H24O2Si/c1-12(2,3)15(4,5)14-10-13-11-8-6-7-9-11/h8H,6-7,9-10H2,1-5H3. The highest BCUT2D eigenvalue weighted by Gasteiger charge is 2.37. The summed E-state index contributed by atoms with van der Waals surface area (Å²) in [5.41, 5.74) is 0. The van der Waals surface area contributed by atoms with Crippen molar-refractivity contribution < 1.29 is 9.16 Å². The Morgan fingerprint density at radius 3 is 2.47 bits per heavy atom. The highest BCUT2D eigenvalue weighted by atomic mass is 28.4. The predicted octanol–water partition coefficient (Wildman–Crippen LogP) is 4.05. The van der Waals surface area contributed by atoms with Crippen LogP contribution >= 0.6 is 0 Å². The number of allylic oxidation sites excluding steroid dienone is 2. The Bertz CT molecular complexity index is 238. The molecule has 1 aliphatic carbocycles. The Morgan fingerprint density at radius 2 is 2.00 bits per heavy atom. The van der Waals surface area contributed by atoms with Crippen molar-refractivity contribution >= 4 is 8.32 Å². The highest BCUT2D eigenvalue weighted by molar-refractivity contribution is 6.74. The minimum atomic E-state index is -1.63. The van der Waals surface area contributed by atoms with E-state index in [-0.39, 0.29) is 5.04 Å². The topological polar surface area (TPSA) is 18.5 Å². The zero-order valence-electron chi connectivity index (χ0n) is 10.7. The molecule has 0 heterocycles. The molecule has 0 saturated heterocycles. The Kier molecular flexibility index (Phi) is 4.01. The maximum atomic E-state index is 5.93. The van der Waals surface area contributed by atoms with Crippen molar-refractivity contribution in [2.45, 2.75) is 58.2 Å². The SMILES string of the molecule is CC(C)(C)[Si](C)(C)OCOC1=CCCC1. The molecule has 0 bridgehead atoms. The van der Waals surface area contributed by atoms with Gasteiger partial charge in [-0.05, 0) is 37.0 Å². The lowest BCUT2D eigenvalue weighted by Crippen LogP contribution is -2.41. The molecule has 3 heteroatoms. The van der Waals surface area contributed by atoms with E-state index in [1.165, 1.54) is 6.42 Å². The summed E-state index contributed by atoms with van der Waals surface area (Å²) in [7, 11) is -1.63. The van der Waals surface area contributed by atoms with Crippen molar-refractivity contribution in [2.24, 2.45) is 0 Å². The van der Waals surface area contributed by atoms with Gasteiger partial charge in [0.1, 0.15) is 0 Å². The molecule has 2 nitrogen and oxygen atoms in total. The third kappa shape index (κ3) is 3.65. The third-order valence-corrected chi connectivity index (χ3v) is 7.92. The fourth-order valence-electron chi connectivity index (χ4n) is 1.24. The van der Waals surface area contributed by atoms with E-state index < -0.39 is 8.32 Å². The van der Waals surface area contributed by atoms with Gasteiger partial charge in [-0.15, -0.1) is 0 Å². The fraction of sp³-hybridized carbons (Fsp3) is 0.833. The number of ether oxygens (including phenoxy) is 1. The van der Waals surface area contributed by atoms with Gasteiger partial charge in [0.05, 0.1) is 5.76 Å². The van der Waals surface area contributed by atoms with Gasteiger partial charge in [-0.25, -0.2) is 0 Å². The second-order valence-corrected chi connectivity index (χ2v) is 10.5. The van der Waals surface area contributed by atoms with E-state index in [1.54, 1.807) is 0 Å². The number of rotatable bonds is 4. The fourth-order valence-corrected chi connectivity index (χ4v) is 2.03. The first-order chi connectivity index (χ1) is 6.83. The van der Waals surface area contributed by atoms with E-state index in [4.69, 9.17) is 9.16 Å². The molecule has 0 fully saturated rings. The quantitative estimate of drug-likeness (QED) is 0.534. The van der Waals surface area contributed by atoms with E-state index in [0.29, 0.717) is 6.79 Å². The van der Waals surface area contributed by atoms with E-state index in [9.17, 15) is 0 Å². The van der Waals surface area contributed by atoms with Crippen molar-refractivity contribution in [1.29, 1.82) is 0 Å². The summed E-state index contributed by atoms with van der Waals surface area (Å²) in [6, 6.07) is 0. The van der Waals surface area contributed by atoms with Crippen LogP contribution in [0.4, 0.5) is 0 Å². The molecule has 0 aromatic carbocycles. The summed E-state index contributed by atoms with van der Waals surface area (Å²) < 4.78 is 11.5.